The Balaban J connectivity index is 1.45. The number of halogens is 4. The van der Waals surface area contributed by atoms with Gasteiger partial charge in [0.15, 0.2) is 11.5 Å². The van der Waals surface area contributed by atoms with Crippen molar-refractivity contribution in [2.45, 2.75) is 43.6 Å². The lowest BCUT2D eigenvalue weighted by molar-refractivity contribution is -0.146. The second-order valence-electron chi connectivity index (χ2n) is 7.99. The number of carboxylic acid groups (broad SMARTS) is 1. The van der Waals surface area contributed by atoms with Crippen molar-refractivity contribution in [1.82, 2.24) is 19.9 Å². The lowest BCUT2D eigenvalue weighted by atomic mass is 9.80. The molecule has 5 rings (SSSR count). The quantitative estimate of drug-likeness (QED) is 0.527. The van der Waals surface area contributed by atoms with Crippen LogP contribution in [0.4, 0.5) is 8.78 Å². The molecule has 1 aromatic carbocycles. The third-order valence-electron chi connectivity index (χ3n) is 6.07. The monoisotopic (exact) mass is 468 g/mol. The Bertz CT molecular complexity index is 1170. The van der Waals surface area contributed by atoms with Crippen molar-refractivity contribution in [3.05, 3.63) is 51.4 Å². The third kappa shape index (κ3) is 3.40. The van der Waals surface area contributed by atoms with Gasteiger partial charge in [0.1, 0.15) is 5.69 Å². The molecule has 11 heteroatoms. The van der Waals surface area contributed by atoms with Crippen LogP contribution in [0.25, 0.3) is 11.6 Å². The van der Waals surface area contributed by atoms with Gasteiger partial charge in [-0.1, -0.05) is 34.4 Å². The Morgan fingerprint density at radius 1 is 1.26 bits per heavy atom. The van der Waals surface area contributed by atoms with Crippen LogP contribution in [0.2, 0.25) is 10.0 Å². The van der Waals surface area contributed by atoms with E-state index < -0.39 is 29.8 Å². The number of hydrogen-bond donors (Lipinski definition) is 1. The second kappa shape index (κ2) is 7.27. The maximum absolute atomic E-state index is 13.6. The van der Waals surface area contributed by atoms with Gasteiger partial charge in [-0.3, -0.25) is 9.48 Å². The number of alkyl halides is 2. The molecule has 2 aliphatic carbocycles. The van der Waals surface area contributed by atoms with Gasteiger partial charge >= 0.3 is 5.97 Å². The van der Waals surface area contributed by atoms with Gasteiger partial charge in [-0.2, -0.15) is 10.1 Å². The molecule has 2 aliphatic rings. The first kappa shape index (κ1) is 20.4. The van der Waals surface area contributed by atoms with Crippen molar-refractivity contribution in [3.8, 4) is 11.6 Å². The summed E-state index contributed by atoms with van der Waals surface area (Å²) in [5, 5.41) is 18.4. The van der Waals surface area contributed by atoms with Crippen LogP contribution < -0.4 is 0 Å². The number of carbonyl (C=O) groups is 1. The van der Waals surface area contributed by atoms with E-state index >= 15 is 0 Å². The largest absolute Gasteiger partial charge is 0.481 e. The fourth-order valence-corrected chi connectivity index (χ4v) is 4.69. The van der Waals surface area contributed by atoms with Gasteiger partial charge in [-0.15, -0.1) is 0 Å². The maximum atomic E-state index is 13.6. The number of aromatic nitrogens is 4. The molecule has 0 saturated heterocycles. The SMILES string of the molecule is O=C(O)C1CC(n2nc(-c3nc(C4(c5ccc(Cl)cc5Cl)CC4)no3)cc2C(F)F)C1. The van der Waals surface area contributed by atoms with Crippen LogP contribution in [0, 0.1) is 5.92 Å². The van der Waals surface area contributed by atoms with Crippen LogP contribution in [0.3, 0.4) is 0 Å². The van der Waals surface area contributed by atoms with E-state index in [0.717, 1.165) is 18.4 Å². The number of hydrogen-bond acceptors (Lipinski definition) is 5. The van der Waals surface area contributed by atoms with Crippen molar-refractivity contribution >= 4 is 29.2 Å². The molecule has 0 bridgehead atoms. The minimum absolute atomic E-state index is 0.0288. The summed E-state index contributed by atoms with van der Waals surface area (Å²) in [7, 11) is 0. The van der Waals surface area contributed by atoms with Gasteiger partial charge < -0.3 is 9.63 Å². The molecule has 2 heterocycles. The smallest absolute Gasteiger partial charge is 0.306 e. The van der Waals surface area contributed by atoms with Crippen molar-refractivity contribution < 1.29 is 23.2 Å². The fourth-order valence-electron chi connectivity index (χ4n) is 4.10. The van der Waals surface area contributed by atoms with E-state index in [1.165, 1.54) is 10.7 Å². The maximum Gasteiger partial charge on any atom is 0.306 e. The van der Waals surface area contributed by atoms with E-state index in [9.17, 15) is 13.6 Å². The molecule has 0 unspecified atom stereocenters. The molecule has 0 aliphatic heterocycles. The topological polar surface area (TPSA) is 94.0 Å². The summed E-state index contributed by atoms with van der Waals surface area (Å²) in [5.74, 6) is -1.04. The first-order valence-electron chi connectivity index (χ1n) is 9.69. The molecule has 0 spiro atoms. The van der Waals surface area contributed by atoms with Gasteiger partial charge in [0, 0.05) is 10.0 Å². The molecule has 1 N–H and O–H groups in total. The van der Waals surface area contributed by atoms with Crippen molar-refractivity contribution in [2.24, 2.45) is 5.92 Å². The predicted octanol–water partition coefficient (Wildman–Crippen LogP) is 5.29. The summed E-state index contributed by atoms with van der Waals surface area (Å²) in [6.45, 7) is 0. The lowest BCUT2D eigenvalue weighted by Crippen LogP contribution is -2.33. The van der Waals surface area contributed by atoms with Crippen molar-refractivity contribution in [3.63, 3.8) is 0 Å². The lowest BCUT2D eigenvalue weighted by Gasteiger charge is -2.33. The zero-order valence-electron chi connectivity index (χ0n) is 15.9. The average molecular weight is 469 g/mol. The third-order valence-corrected chi connectivity index (χ3v) is 6.61. The molecule has 31 heavy (non-hydrogen) atoms. The Kier molecular flexibility index (Phi) is 4.78. The fraction of sp³-hybridized carbons (Fsp3) is 0.400. The molecule has 3 aromatic rings. The summed E-state index contributed by atoms with van der Waals surface area (Å²) < 4.78 is 33.7. The molecule has 162 valence electrons. The second-order valence-corrected chi connectivity index (χ2v) is 8.83. The summed E-state index contributed by atoms with van der Waals surface area (Å²) in [6.07, 6.45) is -0.728. The average Bonchev–Trinajstić information content (AvgIpc) is 3.11. The Morgan fingerprint density at radius 3 is 2.61 bits per heavy atom. The number of rotatable bonds is 6. The van der Waals surface area contributed by atoms with E-state index in [4.69, 9.17) is 32.8 Å². The number of aliphatic carboxylic acids is 1. The van der Waals surface area contributed by atoms with Crippen LogP contribution in [-0.4, -0.2) is 31.0 Å². The zero-order valence-corrected chi connectivity index (χ0v) is 17.4. The Morgan fingerprint density at radius 2 is 2.00 bits per heavy atom. The van der Waals surface area contributed by atoms with E-state index in [2.05, 4.69) is 15.2 Å². The molecule has 0 amide bonds. The van der Waals surface area contributed by atoms with Crippen LogP contribution in [0.15, 0.2) is 28.8 Å². The minimum atomic E-state index is -2.77. The zero-order chi connectivity index (χ0) is 21.9. The van der Waals surface area contributed by atoms with E-state index in [-0.39, 0.29) is 30.1 Å². The summed E-state index contributed by atoms with van der Waals surface area (Å²) in [4.78, 5) is 15.5. The highest BCUT2D eigenvalue weighted by molar-refractivity contribution is 6.35. The minimum Gasteiger partial charge on any atom is -0.481 e. The Labute approximate surface area is 185 Å². The van der Waals surface area contributed by atoms with Crippen LogP contribution in [0.1, 0.15) is 55.2 Å². The Hall–Kier alpha value is -2.52. The summed E-state index contributed by atoms with van der Waals surface area (Å²) in [6, 6.07) is 6.03. The molecule has 2 aromatic heterocycles. The molecule has 7 nitrogen and oxygen atoms in total. The number of carboxylic acids is 1. The first-order chi connectivity index (χ1) is 14.8. The van der Waals surface area contributed by atoms with E-state index in [1.807, 2.05) is 6.07 Å². The van der Waals surface area contributed by atoms with Gasteiger partial charge in [-0.25, -0.2) is 8.78 Å². The highest BCUT2D eigenvalue weighted by Crippen LogP contribution is 2.54. The molecular formula is C20H16Cl2F2N4O3. The highest BCUT2D eigenvalue weighted by atomic mass is 35.5. The summed E-state index contributed by atoms with van der Waals surface area (Å²) >= 11 is 12.4. The van der Waals surface area contributed by atoms with E-state index in [1.54, 1.807) is 12.1 Å². The molecule has 0 atom stereocenters. The number of benzene rings is 1. The summed E-state index contributed by atoms with van der Waals surface area (Å²) in [5.41, 5.74) is 0.162. The van der Waals surface area contributed by atoms with Crippen LogP contribution in [0.5, 0.6) is 0 Å². The van der Waals surface area contributed by atoms with E-state index in [0.29, 0.717) is 15.9 Å². The van der Waals surface area contributed by atoms with Crippen LogP contribution in [-0.2, 0) is 10.2 Å². The molecule has 2 saturated carbocycles. The van der Waals surface area contributed by atoms with Crippen molar-refractivity contribution in [1.29, 1.82) is 0 Å². The first-order valence-corrected chi connectivity index (χ1v) is 10.4. The standard InChI is InChI=1S/C20H16Cl2F2N4O3/c21-10-1-2-12(13(22)7-10)20(3-4-20)19-25-17(31-27-19)14-8-15(16(23)24)28(26-14)11-5-9(6-11)18(29)30/h1-2,7-9,11,16H,3-6H2,(H,29,30). The van der Waals surface area contributed by atoms with Gasteiger partial charge in [0.2, 0.25) is 0 Å². The molecular weight excluding hydrogens is 453 g/mol. The predicted molar refractivity (Wildman–Crippen MR) is 106 cm³/mol. The highest BCUT2D eigenvalue weighted by Gasteiger charge is 2.51. The molecule has 2 fully saturated rings. The molecule has 0 radical (unpaired) electrons. The van der Waals surface area contributed by atoms with Crippen molar-refractivity contribution in [2.75, 3.05) is 0 Å². The van der Waals surface area contributed by atoms with Gasteiger partial charge in [0.25, 0.3) is 12.3 Å². The number of nitrogens with zero attached hydrogens (tertiary/aromatic N) is 4. The van der Waals surface area contributed by atoms with Gasteiger partial charge in [0.05, 0.1) is 17.4 Å². The van der Waals surface area contributed by atoms with Crippen LogP contribution >= 0.6 is 23.2 Å². The normalized spacial score (nSPS) is 21.8. The van der Waals surface area contributed by atoms with Gasteiger partial charge in [-0.05, 0) is 49.4 Å².